The van der Waals surface area contributed by atoms with Crippen LogP contribution in [0.15, 0.2) is 53.1 Å². The van der Waals surface area contributed by atoms with Crippen LogP contribution in [-0.4, -0.2) is 46.6 Å². The lowest BCUT2D eigenvalue weighted by molar-refractivity contribution is -0.121. The van der Waals surface area contributed by atoms with Gasteiger partial charge in [0.05, 0.1) is 23.7 Å². The van der Waals surface area contributed by atoms with Crippen LogP contribution in [0.3, 0.4) is 0 Å². The third-order valence-electron chi connectivity index (χ3n) is 5.55. The largest absolute Gasteiger partial charge is 0.462 e. The minimum absolute atomic E-state index is 0.0732. The average Bonchev–Trinajstić information content (AvgIpc) is 3.30. The van der Waals surface area contributed by atoms with Gasteiger partial charge in [-0.2, -0.15) is 4.98 Å². The molecule has 0 radical (unpaired) electrons. The number of carbonyl (C=O) groups excluding carboxylic acids is 2. The van der Waals surface area contributed by atoms with E-state index in [9.17, 15) is 9.59 Å². The number of nitrogens with one attached hydrogen (secondary N) is 1. The number of likely N-dealkylation sites (tertiary alicyclic amines) is 1. The average molecular weight is 469 g/mol. The maximum atomic E-state index is 12.8. The summed E-state index contributed by atoms with van der Waals surface area (Å²) in [5.41, 5.74) is 1.67. The Bertz CT molecular complexity index is 1110. The first-order valence-electron chi connectivity index (χ1n) is 10.9. The van der Waals surface area contributed by atoms with Gasteiger partial charge in [0.15, 0.2) is 0 Å². The fourth-order valence-electron chi connectivity index (χ4n) is 3.78. The third-order valence-corrected chi connectivity index (χ3v) is 5.88. The van der Waals surface area contributed by atoms with Gasteiger partial charge in [0.2, 0.25) is 17.6 Å². The topological polar surface area (TPSA) is 97.6 Å². The maximum absolute atomic E-state index is 12.8. The van der Waals surface area contributed by atoms with Crippen molar-refractivity contribution in [1.82, 2.24) is 15.0 Å². The molecule has 0 bridgehead atoms. The van der Waals surface area contributed by atoms with Crippen LogP contribution < -0.4 is 5.32 Å². The zero-order valence-corrected chi connectivity index (χ0v) is 19.0. The van der Waals surface area contributed by atoms with Crippen LogP contribution in [0.5, 0.6) is 0 Å². The standard InChI is InChI=1S/C24H25ClN4O4/c1-2-32-24(31)19-14-18(8-9-20(19)25)26-23(30)17-10-12-29(13-11-17)15-21-27-22(28-33-21)16-6-4-3-5-7-16/h3-9,14,17H,2,10-13,15H2,1H3,(H,26,30). The van der Waals surface area contributed by atoms with E-state index in [1.807, 2.05) is 30.3 Å². The van der Waals surface area contributed by atoms with Gasteiger partial charge in [-0.1, -0.05) is 47.1 Å². The molecule has 1 N–H and O–H groups in total. The molecule has 2 aromatic carbocycles. The minimum atomic E-state index is -0.511. The second-order valence-electron chi connectivity index (χ2n) is 7.83. The van der Waals surface area contributed by atoms with Crippen molar-refractivity contribution < 1.29 is 18.8 Å². The van der Waals surface area contributed by atoms with E-state index in [1.54, 1.807) is 25.1 Å². The molecule has 0 atom stereocenters. The van der Waals surface area contributed by atoms with Crippen LogP contribution in [-0.2, 0) is 16.1 Å². The summed E-state index contributed by atoms with van der Waals surface area (Å²) in [6.45, 7) is 4.02. The molecule has 3 aromatic rings. The predicted octanol–water partition coefficient (Wildman–Crippen LogP) is 4.42. The van der Waals surface area contributed by atoms with Crippen molar-refractivity contribution >= 4 is 29.2 Å². The lowest BCUT2D eigenvalue weighted by atomic mass is 9.95. The number of aromatic nitrogens is 2. The molecule has 0 saturated carbocycles. The van der Waals surface area contributed by atoms with E-state index in [0.29, 0.717) is 36.8 Å². The van der Waals surface area contributed by atoms with E-state index < -0.39 is 5.97 Å². The summed E-state index contributed by atoms with van der Waals surface area (Å²) in [7, 11) is 0. The molecule has 1 amide bonds. The van der Waals surface area contributed by atoms with Gasteiger partial charge in [0, 0.05) is 17.2 Å². The number of hydrogen-bond acceptors (Lipinski definition) is 7. The van der Waals surface area contributed by atoms with E-state index in [0.717, 1.165) is 18.7 Å². The van der Waals surface area contributed by atoms with Crippen molar-refractivity contribution in [2.45, 2.75) is 26.3 Å². The number of piperidine rings is 1. The van der Waals surface area contributed by atoms with Crippen LogP contribution in [0.4, 0.5) is 5.69 Å². The number of anilines is 1. The molecule has 9 heteroatoms. The van der Waals surface area contributed by atoms with Crippen LogP contribution in [0.2, 0.25) is 5.02 Å². The normalized spacial score (nSPS) is 14.7. The summed E-state index contributed by atoms with van der Waals surface area (Å²) in [6, 6.07) is 14.5. The third kappa shape index (κ3) is 5.77. The first-order valence-corrected chi connectivity index (χ1v) is 11.3. The van der Waals surface area contributed by atoms with Crippen LogP contribution >= 0.6 is 11.6 Å². The molecule has 2 heterocycles. The summed E-state index contributed by atoms with van der Waals surface area (Å²) < 4.78 is 10.4. The molecule has 33 heavy (non-hydrogen) atoms. The van der Waals surface area contributed by atoms with E-state index in [-0.39, 0.29) is 29.0 Å². The van der Waals surface area contributed by atoms with Gasteiger partial charge in [-0.25, -0.2) is 4.79 Å². The highest BCUT2D eigenvalue weighted by atomic mass is 35.5. The molecule has 8 nitrogen and oxygen atoms in total. The van der Waals surface area contributed by atoms with Crippen molar-refractivity contribution in [1.29, 1.82) is 0 Å². The molecule has 1 aromatic heterocycles. The van der Waals surface area contributed by atoms with E-state index in [2.05, 4.69) is 20.4 Å². The Hall–Kier alpha value is -3.23. The second-order valence-corrected chi connectivity index (χ2v) is 8.24. The van der Waals surface area contributed by atoms with Crippen molar-refractivity contribution in [3.05, 3.63) is 65.0 Å². The monoisotopic (exact) mass is 468 g/mol. The molecule has 0 unspecified atom stereocenters. The zero-order valence-electron chi connectivity index (χ0n) is 18.3. The van der Waals surface area contributed by atoms with Gasteiger partial charge in [-0.3, -0.25) is 9.69 Å². The van der Waals surface area contributed by atoms with E-state index in [4.69, 9.17) is 20.9 Å². The molecular weight excluding hydrogens is 444 g/mol. The Kier molecular flexibility index (Phi) is 7.36. The first-order chi connectivity index (χ1) is 16.0. The number of amides is 1. The number of benzene rings is 2. The fourth-order valence-corrected chi connectivity index (χ4v) is 3.98. The van der Waals surface area contributed by atoms with Crippen molar-refractivity contribution in [2.24, 2.45) is 5.92 Å². The molecule has 0 spiro atoms. The summed E-state index contributed by atoms with van der Waals surface area (Å²) in [5.74, 6) is 0.430. The Morgan fingerprint density at radius 1 is 1.18 bits per heavy atom. The molecular formula is C24H25ClN4O4. The number of ether oxygens (including phenoxy) is 1. The zero-order chi connectivity index (χ0) is 23.2. The molecule has 1 aliphatic rings. The summed E-state index contributed by atoms with van der Waals surface area (Å²) in [5, 5.41) is 7.25. The minimum Gasteiger partial charge on any atom is -0.462 e. The fraction of sp³-hybridized carbons (Fsp3) is 0.333. The van der Waals surface area contributed by atoms with Crippen molar-refractivity contribution in [3.8, 4) is 11.4 Å². The number of esters is 1. The second kappa shape index (κ2) is 10.6. The SMILES string of the molecule is CCOC(=O)c1cc(NC(=O)C2CCN(Cc3nc(-c4ccccc4)no3)CC2)ccc1Cl. The molecule has 1 saturated heterocycles. The summed E-state index contributed by atoms with van der Waals surface area (Å²) >= 11 is 6.09. The molecule has 1 aliphatic heterocycles. The van der Waals surface area contributed by atoms with E-state index >= 15 is 0 Å². The number of halogens is 1. The maximum Gasteiger partial charge on any atom is 0.339 e. The Labute approximate surface area is 196 Å². The Balaban J connectivity index is 1.29. The highest BCUT2D eigenvalue weighted by Crippen LogP contribution is 2.25. The molecule has 1 fully saturated rings. The quantitative estimate of drug-likeness (QED) is 0.512. The van der Waals surface area contributed by atoms with Gasteiger partial charge in [-0.15, -0.1) is 0 Å². The molecule has 172 valence electrons. The highest BCUT2D eigenvalue weighted by Gasteiger charge is 2.26. The van der Waals surface area contributed by atoms with Gasteiger partial charge in [0.1, 0.15) is 0 Å². The number of carbonyl (C=O) groups is 2. The Morgan fingerprint density at radius 2 is 1.94 bits per heavy atom. The van der Waals surface area contributed by atoms with Crippen molar-refractivity contribution in [2.75, 3.05) is 25.0 Å². The number of rotatable bonds is 7. The van der Waals surface area contributed by atoms with Crippen LogP contribution in [0, 0.1) is 5.92 Å². The summed E-state index contributed by atoms with van der Waals surface area (Å²) in [6.07, 6.45) is 1.42. The first kappa shape index (κ1) is 22.9. The lowest BCUT2D eigenvalue weighted by Gasteiger charge is -2.30. The molecule has 0 aliphatic carbocycles. The van der Waals surface area contributed by atoms with Crippen molar-refractivity contribution in [3.63, 3.8) is 0 Å². The van der Waals surface area contributed by atoms with E-state index in [1.165, 1.54) is 0 Å². The summed E-state index contributed by atoms with van der Waals surface area (Å²) in [4.78, 5) is 31.5. The van der Waals surface area contributed by atoms with Gasteiger partial charge < -0.3 is 14.6 Å². The van der Waals surface area contributed by atoms with Gasteiger partial charge in [0.25, 0.3) is 0 Å². The molecule has 4 rings (SSSR count). The highest BCUT2D eigenvalue weighted by molar-refractivity contribution is 6.33. The number of hydrogen-bond donors (Lipinski definition) is 1. The van der Waals surface area contributed by atoms with Gasteiger partial charge in [-0.05, 0) is 51.1 Å². The lowest BCUT2D eigenvalue weighted by Crippen LogP contribution is -2.37. The van der Waals surface area contributed by atoms with Crippen LogP contribution in [0.1, 0.15) is 36.0 Å². The Morgan fingerprint density at radius 3 is 2.67 bits per heavy atom. The van der Waals surface area contributed by atoms with Gasteiger partial charge >= 0.3 is 5.97 Å². The smallest absolute Gasteiger partial charge is 0.339 e. The predicted molar refractivity (Wildman–Crippen MR) is 124 cm³/mol. The van der Waals surface area contributed by atoms with Crippen LogP contribution in [0.25, 0.3) is 11.4 Å². The number of nitrogens with zero attached hydrogens (tertiary/aromatic N) is 3.